The molecule has 0 aromatic rings. The summed E-state index contributed by atoms with van der Waals surface area (Å²) < 4.78 is 4.97. The molecule has 1 atom stereocenters. The number of amides is 3. The van der Waals surface area contributed by atoms with Crippen LogP contribution in [-0.2, 0) is 23.9 Å². The molecule has 1 rings (SSSR count). The van der Waals surface area contributed by atoms with Crippen molar-refractivity contribution in [2.24, 2.45) is 5.92 Å². The number of imide groups is 1. The van der Waals surface area contributed by atoms with E-state index in [-0.39, 0.29) is 18.9 Å². The summed E-state index contributed by atoms with van der Waals surface area (Å²) >= 11 is 0. The Labute approximate surface area is 123 Å². The van der Waals surface area contributed by atoms with Crippen LogP contribution in [0.15, 0.2) is 12.7 Å². The Morgan fingerprint density at radius 1 is 1.29 bits per heavy atom. The van der Waals surface area contributed by atoms with Crippen molar-refractivity contribution in [3.8, 4) is 0 Å². The number of ether oxygens (including phenoxy) is 1. The molecule has 0 radical (unpaired) electrons. The van der Waals surface area contributed by atoms with Crippen LogP contribution in [0.3, 0.4) is 0 Å². The Kier molecular flexibility index (Phi) is 7.14. The number of hydrogen-bond donors (Lipinski definition) is 2. The van der Waals surface area contributed by atoms with Crippen LogP contribution in [-0.4, -0.2) is 36.8 Å². The van der Waals surface area contributed by atoms with Crippen molar-refractivity contribution in [2.75, 3.05) is 13.2 Å². The molecule has 3 amide bonds. The molecule has 0 saturated carbocycles. The second-order valence-electron chi connectivity index (χ2n) is 4.75. The summed E-state index contributed by atoms with van der Waals surface area (Å²) in [5, 5.41) is 4.74. The average Bonchev–Trinajstić information content (AvgIpc) is 2.80. The molecule has 0 aromatic heterocycles. The number of carbonyl (C=O) groups is 4. The average molecular weight is 296 g/mol. The van der Waals surface area contributed by atoms with E-state index in [1.165, 1.54) is 6.08 Å². The largest absolute Gasteiger partial charge is 0.465 e. The fourth-order valence-corrected chi connectivity index (χ4v) is 1.88. The third kappa shape index (κ3) is 6.20. The molecular formula is C14H20N2O5. The zero-order valence-electron chi connectivity index (χ0n) is 11.9. The number of carbonyl (C=O) groups excluding carboxylic acids is 4. The van der Waals surface area contributed by atoms with Gasteiger partial charge in [0.1, 0.15) is 5.92 Å². The summed E-state index contributed by atoms with van der Waals surface area (Å²) in [6.45, 7) is 4.17. The quantitative estimate of drug-likeness (QED) is 0.206. The van der Waals surface area contributed by atoms with E-state index in [2.05, 4.69) is 17.2 Å². The molecule has 0 spiro atoms. The highest BCUT2D eigenvalue weighted by molar-refractivity contribution is 6.12. The number of nitrogens with one attached hydrogen (secondary N) is 2. The minimum absolute atomic E-state index is 0.124. The minimum Gasteiger partial charge on any atom is -0.465 e. The van der Waals surface area contributed by atoms with Crippen molar-refractivity contribution < 1.29 is 23.9 Å². The highest BCUT2D eigenvalue weighted by atomic mass is 16.5. The lowest BCUT2D eigenvalue weighted by Gasteiger charge is -2.07. The topological polar surface area (TPSA) is 102 Å². The molecule has 1 aliphatic rings. The highest BCUT2D eigenvalue weighted by Gasteiger charge is 2.37. The van der Waals surface area contributed by atoms with Gasteiger partial charge in [0.15, 0.2) is 0 Å². The van der Waals surface area contributed by atoms with Crippen molar-refractivity contribution >= 4 is 23.7 Å². The SMILES string of the molecule is C=CC(=O)NCCCCCCOC(=O)C1CC(=O)NC1=O. The van der Waals surface area contributed by atoms with Crippen LogP contribution in [0.5, 0.6) is 0 Å². The van der Waals surface area contributed by atoms with Gasteiger partial charge < -0.3 is 10.1 Å². The van der Waals surface area contributed by atoms with E-state index in [4.69, 9.17) is 4.74 Å². The van der Waals surface area contributed by atoms with Gasteiger partial charge in [-0.15, -0.1) is 0 Å². The molecule has 1 fully saturated rings. The Morgan fingerprint density at radius 2 is 2.00 bits per heavy atom. The van der Waals surface area contributed by atoms with Gasteiger partial charge in [-0.1, -0.05) is 13.0 Å². The Hall–Kier alpha value is -2.18. The van der Waals surface area contributed by atoms with Crippen LogP contribution in [0.4, 0.5) is 0 Å². The Balaban J connectivity index is 2.00. The van der Waals surface area contributed by atoms with Crippen LogP contribution in [0.1, 0.15) is 32.1 Å². The molecule has 1 saturated heterocycles. The normalized spacial score (nSPS) is 17.2. The molecule has 2 N–H and O–H groups in total. The first-order valence-electron chi connectivity index (χ1n) is 6.95. The zero-order chi connectivity index (χ0) is 15.7. The van der Waals surface area contributed by atoms with Gasteiger partial charge in [0, 0.05) is 13.0 Å². The maximum atomic E-state index is 11.6. The maximum absolute atomic E-state index is 11.6. The fourth-order valence-electron chi connectivity index (χ4n) is 1.88. The monoisotopic (exact) mass is 296 g/mol. The van der Waals surface area contributed by atoms with Gasteiger partial charge in [-0.05, 0) is 25.3 Å². The van der Waals surface area contributed by atoms with Gasteiger partial charge >= 0.3 is 5.97 Å². The summed E-state index contributed by atoms with van der Waals surface area (Å²) in [6, 6.07) is 0. The fraction of sp³-hybridized carbons (Fsp3) is 0.571. The summed E-state index contributed by atoms with van der Waals surface area (Å²) in [5.74, 6) is -2.84. The van der Waals surface area contributed by atoms with Crippen molar-refractivity contribution in [2.45, 2.75) is 32.1 Å². The molecule has 21 heavy (non-hydrogen) atoms. The van der Waals surface area contributed by atoms with Gasteiger partial charge in [-0.2, -0.15) is 0 Å². The molecule has 1 unspecified atom stereocenters. The summed E-state index contributed by atoms with van der Waals surface area (Å²) in [7, 11) is 0. The Morgan fingerprint density at radius 3 is 2.62 bits per heavy atom. The molecule has 7 nitrogen and oxygen atoms in total. The van der Waals surface area contributed by atoms with E-state index in [1.807, 2.05) is 0 Å². The third-order valence-corrected chi connectivity index (χ3v) is 3.05. The molecule has 0 aromatic carbocycles. The molecule has 0 aliphatic carbocycles. The highest BCUT2D eigenvalue weighted by Crippen LogP contribution is 2.13. The zero-order valence-corrected chi connectivity index (χ0v) is 11.9. The Bertz CT molecular complexity index is 433. The smallest absolute Gasteiger partial charge is 0.319 e. The number of unbranched alkanes of at least 4 members (excludes halogenated alkanes) is 3. The second-order valence-corrected chi connectivity index (χ2v) is 4.75. The first kappa shape index (κ1) is 16.9. The lowest BCUT2D eigenvalue weighted by atomic mass is 10.1. The number of hydrogen-bond acceptors (Lipinski definition) is 5. The molecule has 116 valence electrons. The van der Waals surface area contributed by atoms with Crippen molar-refractivity contribution in [3.63, 3.8) is 0 Å². The summed E-state index contributed by atoms with van der Waals surface area (Å²) in [5.41, 5.74) is 0. The van der Waals surface area contributed by atoms with Crippen molar-refractivity contribution in [3.05, 3.63) is 12.7 Å². The van der Waals surface area contributed by atoms with Crippen LogP contribution in [0.2, 0.25) is 0 Å². The van der Waals surface area contributed by atoms with Gasteiger partial charge in [0.2, 0.25) is 17.7 Å². The van der Waals surface area contributed by atoms with Crippen LogP contribution in [0, 0.1) is 5.92 Å². The second kappa shape index (κ2) is 8.89. The summed E-state index contributed by atoms with van der Waals surface area (Å²) in [4.78, 5) is 44.6. The van der Waals surface area contributed by atoms with E-state index >= 15 is 0 Å². The first-order chi connectivity index (χ1) is 10.0. The summed E-state index contributed by atoms with van der Waals surface area (Å²) in [6.07, 6.45) is 4.38. The van der Waals surface area contributed by atoms with Gasteiger partial charge in [-0.3, -0.25) is 24.5 Å². The lowest BCUT2D eigenvalue weighted by Crippen LogP contribution is -2.27. The first-order valence-corrected chi connectivity index (χ1v) is 6.95. The van der Waals surface area contributed by atoms with Crippen LogP contribution < -0.4 is 10.6 Å². The molecule has 1 aliphatic heterocycles. The van der Waals surface area contributed by atoms with E-state index < -0.39 is 23.7 Å². The predicted octanol–water partition coefficient (Wildman–Crippen LogP) is 0.0549. The van der Waals surface area contributed by atoms with Gasteiger partial charge in [0.05, 0.1) is 6.61 Å². The predicted molar refractivity (Wildman–Crippen MR) is 73.9 cm³/mol. The minimum atomic E-state index is -0.994. The molecule has 7 heteroatoms. The molecular weight excluding hydrogens is 276 g/mol. The van der Waals surface area contributed by atoms with E-state index in [0.717, 1.165) is 19.3 Å². The van der Waals surface area contributed by atoms with Crippen molar-refractivity contribution in [1.29, 1.82) is 0 Å². The van der Waals surface area contributed by atoms with Crippen molar-refractivity contribution in [1.82, 2.24) is 10.6 Å². The van der Waals surface area contributed by atoms with E-state index in [1.54, 1.807) is 0 Å². The maximum Gasteiger partial charge on any atom is 0.319 e. The number of esters is 1. The lowest BCUT2D eigenvalue weighted by molar-refractivity contribution is -0.151. The van der Waals surface area contributed by atoms with Gasteiger partial charge in [-0.25, -0.2) is 0 Å². The molecule has 1 heterocycles. The van der Waals surface area contributed by atoms with E-state index in [9.17, 15) is 19.2 Å². The molecule has 0 bridgehead atoms. The number of rotatable bonds is 9. The van der Waals surface area contributed by atoms with Crippen LogP contribution in [0.25, 0.3) is 0 Å². The van der Waals surface area contributed by atoms with Crippen LogP contribution >= 0.6 is 0 Å². The van der Waals surface area contributed by atoms with Gasteiger partial charge in [0.25, 0.3) is 0 Å². The third-order valence-electron chi connectivity index (χ3n) is 3.05. The standard InChI is InChI=1S/C14H20N2O5/c1-2-11(17)15-7-5-3-4-6-8-21-14(20)10-9-12(18)16-13(10)19/h2,10H,1,3-9H2,(H,15,17)(H,16,18,19). The van der Waals surface area contributed by atoms with E-state index in [0.29, 0.717) is 13.0 Å².